The molecule has 0 amide bonds. The van der Waals surface area contributed by atoms with Gasteiger partial charge in [-0.3, -0.25) is 0 Å². The number of aromatic nitrogens is 1. The van der Waals surface area contributed by atoms with Gasteiger partial charge in [0.05, 0.1) is 17.3 Å². The van der Waals surface area contributed by atoms with Crippen molar-refractivity contribution in [3.63, 3.8) is 0 Å². The van der Waals surface area contributed by atoms with Crippen LogP contribution in [-0.2, 0) is 0 Å². The van der Waals surface area contributed by atoms with Crippen molar-refractivity contribution in [1.29, 1.82) is 5.26 Å². The van der Waals surface area contributed by atoms with Gasteiger partial charge in [0.25, 0.3) is 0 Å². The molecular formula is C11H5FN2O2S. The quantitative estimate of drug-likeness (QED) is 0.886. The Labute approximate surface area is 99.6 Å². The van der Waals surface area contributed by atoms with Gasteiger partial charge in [0.1, 0.15) is 5.82 Å². The molecule has 84 valence electrons. The highest BCUT2D eigenvalue weighted by molar-refractivity contribution is 7.11. The molecule has 2 aromatic rings. The maximum atomic E-state index is 13.2. The Hall–Kier alpha value is -2.26. The Morgan fingerprint density at radius 1 is 1.47 bits per heavy atom. The van der Waals surface area contributed by atoms with E-state index in [0.29, 0.717) is 11.3 Å². The number of benzene rings is 1. The van der Waals surface area contributed by atoms with Crippen LogP contribution in [0.2, 0.25) is 0 Å². The van der Waals surface area contributed by atoms with Crippen molar-refractivity contribution in [2.45, 2.75) is 0 Å². The average molecular weight is 248 g/mol. The number of aromatic carboxylic acids is 1. The molecule has 0 saturated carbocycles. The zero-order valence-electron chi connectivity index (χ0n) is 8.35. The van der Waals surface area contributed by atoms with Crippen LogP contribution in [0.25, 0.3) is 11.3 Å². The van der Waals surface area contributed by atoms with E-state index < -0.39 is 11.8 Å². The highest BCUT2D eigenvalue weighted by Gasteiger charge is 2.11. The summed E-state index contributed by atoms with van der Waals surface area (Å²) < 4.78 is 13.2. The Bertz CT molecular complexity index is 631. The molecule has 17 heavy (non-hydrogen) atoms. The first kappa shape index (κ1) is 11.2. The molecular weight excluding hydrogens is 243 g/mol. The summed E-state index contributed by atoms with van der Waals surface area (Å²) in [6, 6.07) is 5.60. The summed E-state index contributed by atoms with van der Waals surface area (Å²) in [5, 5.41) is 18.9. The lowest BCUT2D eigenvalue weighted by molar-refractivity contribution is 0.0696. The SMILES string of the molecule is N#Cc1cc(F)cc(-c2csc(C(=O)O)n2)c1. The molecule has 0 aliphatic heterocycles. The van der Waals surface area contributed by atoms with Crippen molar-refractivity contribution in [3.05, 3.63) is 40.0 Å². The lowest BCUT2D eigenvalue weighted by Gasteiger charge is -1.97. The first-order valence-corrected chi connectivity index (χ1v) is 5.38. The van der Waals surface area contributed by atoms with Gasteiger partial charge in [0.15, 0.2) is 0 Å². The number of rotatable bonds is 2. The summed E-state index contributed by atoms with van der Waals surface area (Å²) in [4.78, 5) is 14.5. The van der Waals surface area contributed by atoms with Crippen molar-refractivity contribution in [2.75, 3.05) is 0 Å². The van der Waals surface area contributed by atoms with Gasteiger partial charge in [0, 0.05) is 10.9 Å². The Balaban J connectivity index is 2.49. The third-order valence-corrected chi connectivity index (χ3v) is 2.84. The van der Waals surface area contributed by atoms with Crippen molar-refractivity contribution in [3.8, 4) is 17.3 Å². The van der Waals surface area contributed by atoms with Crippen LogP contribution < -0.4 is 0 Å². The molecule has 0 unspecified atom stereocenters. The second-order valence-corrected chi connectivity index (χ2v) is 4.04. The van der Waals surface area contributed by atoms with Gasteiger partial charge in [-0.1, -0.05) is 0 Å². The van der Waals surface area contributed by atoms with Gasteiger partial charge in [-0.25, -0.2) is 14.2 Å². The number of nitriles is 1. The zero-order chi connectivity index (χ0) is 12.4. The summed E-state index contributed by atoms with van der Waals surface area (Å²) in [6.45, 7) is 0. The van der Waals surface area contributed by atoms with Crippen molar-refractivity contribution in [2.24, 2.45) is 0 Å². The molecule has 0 radical (unpaired) electrons. The molecule has 6 heteroatoms. The fourth-order valence-corrected chi connectivity index (χ4v) is 1.97. The first-order valence-electron chi connectivity index (χ1n) is 4.50. The van der Waals surface area contributed by atoms with Gasteiger partial charge in [-0.05, 0) is 18.2 Å². The summed E-state index contributed by atoms with van der Waals surface area (Å²) in [7, 11) is 0. The fourth-order valence-electron chi connectivity index (χ4n) is 1.31. The Morgan fingerprint density at radius 2 is 2.24 bits per heavy atom. The average Bonchev–Trinajstić information content (AvgIpc) is 2.77. The largest absolute Gasteiger partial charge is 0.476 e. The molecule has 1 heterocycles. The van der Waals surface area contributed by atoms with Crippen molar-refractivity contribution >= 4 is 17.3 Å². The van der Waals surface area contributed by atoms with Gasteiger partial charge >= 0.3 is 5.97 Å². The summed E-state index contributed by atoms with van der Waals surface area (Å²) in [5.41, 5.74) is 0.915. The smallest absolute Gasteiger partial charge is 0.365 e. The molecule has 0 bridgehead atoms. The number of halogens is 1. The number of hydrogen-bond acceptors (Lipinski definition) is 4. The molecule has 1 aromatic heterocycles. The van der Waals surface area contributed by atoms with Crippen LogP contribution in [0.3, 0.4) is 0 Å². The second kappa shape index (κ2) is 4.31. The van der Waals surface area contributed by atoms with Crippen LogP contribution in [0.5, 0.6) is 0 Å². The molecule has 2 rings (SSSR count). The van der Waals surface area contributed by atoms with E-state index in [0.717, 1.165) is 17.4 Å². The molecule has 0 saturated heterocycles. The van der Waals surface area contributed by atoms with E-state index in [1.54, 1.807) is 0 Å². The lowest BCUT2D eigenvalue weighted by atomic mass is 10.1. The summed E-state index contributed by atoms with van der Waals surface area (Å²) in [5.74, 6) is -1.68. The van der Waals surface area contributed by atoms with E-state index in [1.807, 2.05) is 6.07 Å². The minimum atomic E-state index is -1.13. The van der Waals surface area contributed by atoms with E-state index in [9.17, 15) is 9.18 Å². The molecule has 0 spiro atoms. The highest BCUT2D eigenvalue weighted by atomic mass is 32.1. The van der Waals surface area contributed by atoms with Crippen LogP contribution >= 0.6 is 11.3 Å². The van der Waals surface area contributed by atoms with Crippen LogP contribution in [-0.4, -0.2) is 16.1 Å². The molecule has 0 aliphatic carbocycles. The van der Waals surface area contributed by atoms with Gasteiger partial charge in [-0.2, -0.15) is 5.26 Å². The number of carbonyl (C=O) groups is 1. The normalized spacial score (nSPS) is 9.88. The molecule has 1 N–H and O–H groups in total. The standard InChI is InChI=1S/C11H5FN2O2S/c12-8-2-6(4-13)1-7(3-8)9-5-17-10(14-9)11(15)16/h1-3,5H,(H,15,16). The highest BCUT2D eigenvalue weighted by Crippen LogP contribution is 2.23. The predicted molar refractivity (Wildman–Crippen MR) is 59.2 cm³/mol. The van der Waals surface area contributed by atoms with Crippen LogP contribution in [0, 0.1) is 17.1 Å². The summed E-state index contributed by atoms with van der Waals surface area (Å²) >= 11 is 0.956. The van der Waals surface area contributed by atoms with Crippen molar-refractivity contribution in [1.82, 2.24) is 4.98 Å². The zero-order valence-corrected chi connectivity index (χ0v) is 9.16. The van der Waals surface area contributed by atoms with Crippen LogP contribution in [0.4, 0.5) is 4.39 Å². The van der Waals surface area contributed by atoms with Gasteiger partial charge < -0.3 is 5.11 Å². The number of carboxylic acid groups (broad SMARTS) is 1. The van der Waals surface area contributed by atoms with E-state index in [-0.39, 0.29) is 10.6 Å². The molecule has 4 nitrogen and oxygen atoms in total. The fraction of sp³-hybridized carbons (Fsp3) is 0. The molecule has 0 aliphatic rings. The third kappa shape index (κ3) is 2.29. The number of nitrogens with zero attached hydrogens (tertiary/aromatic N) is 2. The van der Waals surface area contributed by atoms with Crippen LogP contribution in [0.1, 0.15) is 15.4 Å². The third-order valence-electron chi connectivity index (χ3n) is 2.01. The van der Waals surface area contributed by atoms with Gasteiger partial charge in [0.2, 0.25) is 5.01 Å². The van der Waals surface area contributed by atoms with E-state index in [2.05, 4.69) is 4.98 Å². The predicted octanol–water partition coefficient (Wildman–Crippen LogP) is 2.52. The maximum absolute atomic E-state index is 13.2. The van der Waals surface area contributed by atoms with Crippen molar-refractivity contribution < 1.29 is 14.3 Å². The minimum absolute atomic E-state index is 0.0669. The number of thiazole rings is 1. The number of carboxylic acids is 1. The summed E-state index contributed by atoms with van der Waals surface area (Å²) in [6.07, 6.45) is 0. The topological polar surface area (TPSA) is 74.0 Å². The number of hydrogen-bond donors (Lipinski definition) is 1. The lowest BCUT2D eigenvalue weighted by Crippen LogP contribution is -1.94. The van der Waals surface area contributed by atoms with Crippen LogP contribution in [0.15, 0.2) is 23.6 Å². The second-order valence-electron chi connectivity index (χ2n) is 3.18. The van der Waals surface area contributed by atoms with E-state index >= 15 is 0 Å². The molecule has 0 atom stereocenters. The monoisotopic (exact) mass is 248 g/mol. The molecule has 0 fully saturated rings. The minimum Gasteiger partial charge on any atom is -0.476 e. The Morgan fingerprint density at radius 3 is 2.82 bits per heavy atom. The van der Waals surface area contributed by atoms with Gasteiger partial charge in [-0.15, -0.1) is 11.3 Å². The van der Waals surface area contributed by atoms with E-state index in [1.165, 1.54) is 17.5 Å². The maximum Gasteiger partial charge on any atom is 0.365 e. The Kier molecular flexibility index (Phi) is 2.85. The van der Waals surface area contributed by atoms with E-state index in [4.69, 9.17) is 10.4 Å². The first-order chi connectivity index (χ1) is 8.10. The molecule has 1 aromatic carbocycles.